The van der Waals surface area contributed by atoms with Gasteiger partial charge in [-0.15, -0.1) is 0 Å². The Labute approximate surface area is 93.0 Å². The minimum atomic E-state index is 0.131. The maximum Gasteiger partial charge on any atom is 0.0711 e. The van der Waals surface area contributed by atoms with Gasteiger partial charge in [-0.3, -0.25) is 16.0 Å². The normalized spacial score (nSPS) is 13.6. The molecule has 0 spiro atoms. The Morgan fingerprint density at radius 2 is 2.29 bits per heavy atom. The Hall–Kier alpha value is -0.390. The molecular formula is C9H17BrN4. The van der Waals surface area contributed by atoms with Crippen LogP contribution in [0.15, 0.2) is 10.7 Å². The summed E-state index contributed by atoms with van der Waals surface area (Å²) >= 11 is 3.49. The number of halogens is 1. The molecule has 14 heavy (non-hydrogen) atoms. The van der Waals surface area contributed by atoms with Crippen molar-refractivity contribution in [2.24, 2.45) is 11.8 Å². The highest BCUT2D eigenvalue weighted by Gasteiger charge is 2.21. The van der Waals surface area contributed by atoms with E-state index in [9.17, 15) is 0 Å². The van der Waals surface area contributed by atoms with Crippen molar-refractivity contribution < 1.29 is 0 Å². The molecule has 0 aliphatic heterocycles. The number of nitrogens with zero attached hydrogens (tertiary/aromatic N) is 2. The summed E-state index contributed by atoms with van der Waals surface area (Å²) in [6.07, 6.45) is 1.81. The van der Waals surface area contributed by atoms with Gasteiger partial charge in [-0.05, 0) is 28.8 Å². The van der Waals surface area contributed by atoms with Crippen molar-refractivity contribution in [2.45, 2.75) is 33.4 Å². The van der Waals surface area contributed by atoms with E-state index < -0.39 is 0 Å². The molecule has 0 saturated heterocycles. The van der Waals surface area contributed by atoms with Gasteiger partial charge in [0.05, 0.1) is 22.4 Å². The topological polar surface area (TPSA) is 55.9 Å². The molecule has 0 aliphatic carbocycles. The fraction of sp³-hybridized carbons (Fsp3) is 0.667. The third-order valence-corrected chi connectivity index (χ3v) is 2.88. The Kier molecular flexibility index (Phi) is 4.10. The lowest BCUT2D eigenvalue weighted by molar-refractivity contribution is 0.389. The van der Waals surface area contributed by atoms with E-state index in [0.717, 1.165) is 16.7 Å². The Balaban J connectivity index is 3.07. The summed E-state index contributed by atoms with van der Waals surface area (Å²) in [6.45, 7) is 7.18. The molecule has 1 atom stereocenters. The molecule has 0 fully saturated rings. The highest BCUT2D eigenvalue weighted by Crippen LogP contribution is 2.27. The van der Waals surface area contributed by atoms with E-state index in [2.05, 4.69) is 47.2 Å². The number of hydrogen-bond acceptors (Lipinski definition) is 3. The summed E-state index contributed by atoms with van der Waals surface area (Å²) in [5.74, 6) is 5.97. The Morgan fingerprint density at radius 1 is 1.64 bits per heavy atom. The number of nitrogens with two attached hydrogens (primary N) is 1. The molecule has 3 N–H and O–H groups in total. The van der Waals surface area contributed by atoms with Gasteiger partial charge in [0.15, 0.2) is 0 Å². The summed E-state index contributed by atoms with van der Waals surface area (Å²) in [5, 5.41) is 4.26. The second kappa shape index (κ2) is 4.91. The van der Waals surface area contributed by atoms with Crippen molar-refractivity contribution in [3.8, 4) is 0 Å². The van der Waals surface area contributed by atoms with Crippen molar-refractivity contribution in [1.29, 1.82) is 0 Å². The zero-order valence-electron chi connectivity index (χ0n) is 8.79. The fourth-order valence-corrected chi connectivity index (χ4v) is 2.06. The molecule has 1 unspecified atom stereocenters. The first kappa shape index (κ1) is 11.7. The standard InChI is InChI=1S/C9H17BrN4/c1-4-14-9(7(10)5-12-14)8(13-11)6(2)3/h5-6,8,13H,4,11H2,1-3H3. The number of hydrazine groups is 1. The van der Waals surface area contributed by atoms with Crippen LogP contribution in [0.2, 0.25) is 0 Å². The maximum absolute atomic E-state index is 5.55. The van der Waals surface area contributed by atoms with Gasteiger partial charge in [0.1, 0.15) is 0 Å². The van der Waals surface area contributed by atoms with E-state index >= 15 is 0 Å². The molecule has 1 aromatic rings. The first-order chi connectivity index (χ1) is 6.61. The van der Waals surface area contributed by atoms with Gasteiger partial charge >= 0.3 is 0 Å². The predicted octanol–water partition coefficient (Wildman–Crippen LogP) is 1.83. The average molecular weight is 261 g/mol. The van der Waals surface area contributed by atoms with Crippen LogP contribution < -0.4 is 11.3 Å². The third-order valence-electron chi connectivity index (χ3n) is 2.27. The second-order valence-electron chi connectivity index (χ2n) is 3.58. The van der Waals surface area contributed by atoms with Gasteiger partial charge in [-0.2, -0.15) is 5.10 Å². The summed E-state index contributed by atoms with van der Waals surface area (Å²) in [4.78, 5) is 0. The minimum absolute atomic E-state index is 0.131. The highest BCUT2D eigenvalue weighted by molar-refractivity contribution is 9.10. The van der Waals surface area contributed by atoms with E-state index in [4.69, 9.17) is 5.84 Å². The molecule has 0 bridgehead atoms. The van der Waals surface area contributed by atoms with Crippen LogP contribution in [0.3, 0.4) is 0 Å². The molecule has 5 heteroatoms. The highest BCUT2D eigenvalue weighted by atomic mass is 79.9. The number of rotatable bonds is 4. The SMILES string of the molecule is CCn1ncc(Br)c1C(NN)C(C)C. The van der Waals surface area contributed by atoms with Crippen LogP contribution in [0.5, 0.6) is 0 Å². The number of aromatic nitrogens is 2. The quantitative estimate of drug-likeness (QED) is 0.642. The number of aryl methyl sites for hydroxylation is 1. The van der Waals surface area contributed by atoms with Gasteiger partial charge < -0.3 is 0 Å². The molecule has 1 rings (SSSR count). The Morgan fingerprint density at radius 3 is 2.71 bits per heavy atom. The van der Waals surface area contributed by atoms with Crippen molar-refractivity contribution in [1.82, 2.24) is 15.2 Å². The molecule has 4 nitrogen and oxygen atoms in total. The zero-order chi connectivity index (χ0) is 10.7. The van der Waals surface area contributed by atoms with Crippen molar-refractivity contribution in [3.63, 3.8) is 0 Å². The van der Waals surface area contributed by atoms with Gasteiger partial charge in [0.25, 0.3) is 0 Å². The lowest BCUT2D eigenvalue weighted by Crippen LogP contribution is -2.33. The number of hydrogen-bond donors (Lipinski definition) is 2. The van der Waals surface area contributed by atoms with Crippen LogP contribution in [0.25, 0.3) is 0 Å². The monoisotopic (exact) mass is 260 g/mol. The summed E-state index contributed by atoms with van der Waals surface area (Å²) in [5.41, 5.74) is 3.94. The molecule has 0 aromatic carbocycles. The average Bonchev–Trinajstić information content (AvgIpc) is 2.49. The largest absolute Gasteiger partial charge is 0.271 e. The van der Waals surface area contributed by atoms with E-state index in [-0.39, 0.29) is 6.04 Å². The van der Waals surface area contributed by atoms with Crippen LogP contribution in [0.1, 0.15) is 32.5 Å². The zero-order valence-corrected chi connectivity index (χ0v) is 10.4. The molecule has 0 aliphatic rings. The van der Waals surface area contributed by atoms with Crippen LogP contribution in [-0.2, 0) is 6.54 Å². The van der Waals surface area contributed by atoms with Crippen LogP contribution in [0, 0.1) is 5.92 Å². The predicted molar refractivity (Wildman–Crippen MR) is 60.5 cm³/mol. The van der Waals surface area contributed by atoms with E-state index in [0.29, 0.717) is 5.92 Å². The molecule has 1 heterocycles. The lowest BCUT2D eigenvalue weighted by Gasteiger charge is -2.21. The van der Waals surface area contributed by atoms with E-state index in [1.54, 1.807) is 0 Å². The molecule has 0 radical (unpaired) electrons. The van der Waals surface area contributed by atoms with Gasteiger partial charge in [0.2, 0.25) is 0 Å². The van der Waals surface area contributed by atoms with Crippen LogP contribution in [0.4, 0.5) is 0 Å². The summed E-state index contributed by atoms with van der Waals surface area (Å²) in [6, 6.07) is 0.131. The molecule has 1 aromatic heterocycles. The summed E-state index contributed by atoms with van der Waals surface area (Å²) < 4.78 is 2.96. The molecule has 0 amide bonds. The van der Waals surface area contributed by atoms with Crippen LogP contribution >= 0.6 is 15.9 Å². The minimum Gasteiger partial charge on any atom is -0.271 e. The lowest BCUT2D eigenvalue weighted by atomic mass is 10.0. The fourth-order valence-electron chi connectivity index (χ4n) is 1.52. The first-order valence-electron chi connectivity index (χ1n) is 4.79. The molecule has 80 valence electrons. The number of nitrogens with one attached hydrogen (secondary N) is 1. The van der Waals surface area contributed by atoms with Crippen molar-refractivity contribution in [2.75, 3.05) is 0 Å². The van der Waals surface area contributed by atoms with Crippen LogP contribution in [-0.4, -0.2) is 9.78 Å². The Bertz CT molecular complexity index is 295. The third kappa shape index (κ3) is 2.16. The van der Waals surface area contributed by atoms with E-state index in [1.807, 2.05) is 10.9 Å². The molecular weight excluding hydrogens is 244 g/mol. The van der Waals surface area contributed by atoms with Crippen molar-refractivity contribution in [3.05, 3.63) is 16.4 Å². The first-order valence-corrected chi connectivity index (χ1v) is 5.58. The van der Waals surface area contributed by atoms with Crippen molar-refractivity contribution >= 4 is 15.9 Å². The second-order valence-corrected chi connectivity index (χ2v) is 4.44. The maximum atomic E-state index is 5.55. The molecule has 0 saturated carbocycles. The van der Waals surface area contributed by atoms with Gasteiger partial charge in [0, 0.05) is 6.54 Å². The van der Waals surface area contributed by atoms with E-state index in [1.165, 1.54) is 0 Å². The summed E-state index contributed by atoms with van der Waals surface area (Å²) in [7, 11) is 0. The van der Waals surface area contributed by atoms with Gasteiger partial charge in [-0.25, -0.2) is 0 Å². The smallest absolute Gasteiger partial charge is 0.0711 e. The van der Waals surface area contributed by atoms with Gasteiger partial charge in [-0.1, -0.05) is 13.8 Å².